The zero-order valence-corrected chi connectivity index (χ0v) is 15.3. The Kier molecular flexibility index (Phi) is 6.34. The molecule has 2 aromatic rings. The molecule has 5 heteroatoms. The van der Waals surface area contributed by atoms with Gasteiger partial charge in [0.05, 0.1) is 12.4 Å². The van der Waals surface area contributed by atoms with Crippen LogP contribution in [0.5, 0.6) is 0 Å². The van der Waals surface area contributed by atoms with E-state index in [-0.39, 0.29) is 18.0 Å². The molecule has 1 saturated heterocycles. The molecule has 3 rings (SSSR count). The Labute approximate surface area is 155 Å². The quantitative estimate of drug-likeness (QED) is 0.828. The third-order valence-electron chi connectivity index (χ3n) is 5.19. The van der Waals surface area contributed by atoms with Gasteiger partial charge in [-0.3, -0.25) is 0 Å². The third-order valence-corrected chi connectivity index (χ3v) is 5.19. The lowest BCUT2D eigenvalue weighted by atomic mass is 9.87. The highest BCUT2D eigenvalue weighted by atomic mass is 16.3. The number of nitrogens with zero attached hydrogens (tertiary/aromatic N) is 1. The Bertz CT molecular complexity index is 664. The SMILES string of the molecule is CC(CCc1ccco1)NC(=O)N1CCC(C(O)c2ccccc2)CC1. The molecule has 2 N–H and O–H groups in total. The first-order valence-electron chi connectivity index (χ1n) is 9.44. The van der Waals surface area contributed by atoms with Crippen LogP contribution in [0.25, 0.3) is 0 Å². The number of aryl methyl sites for hydroxylation is 1. The fourth-order valence-corrected chi connectivity index (χ4v) is 3.53. The van der Waals surface area contributed by atoms with Crippen molar-refractivity contribution in [2.45, 2.75) is 44.8 Å². The third kappa shape index (κ3) is 4.88. The minimum Gasteiger partial charge on any atom is -0.469 e. The van der Waals surface area contributed by atoms with Crippen LogP contribution in [0, 0.1) is 5.92 Å². The summed E-state index contributed by atoms with van der Waals surface area (Å²) in [6, 6.07) is 13.7. The number of carbonyl (C=O) groups excluding carboxylic acids is 1. The van der Waals surface area contributed by atoms with E-state index in [0.29, 0.717) is 13.1 Å². The summed E-state index contributed by atoms with van der Waals surface area (Å²) >= 11 is 0. The monoisotopic (exact) mass is 356 g/mol. The number of likely N-dealkylation sites (tertiary alicyclic amines) is 1. The summed E-state index contributed by atoms with van der Waals surface area (Å²) in [6.45, 7) is 3.39. The van der Waals surface area contributed by atoms with Gasteiger partial charge in [0.2, 0.25) is 0 Å². The molecule has 2 atom stereocenters. The molecule has 0 saturated carbocycles. The van der Waals surface area contributed by atoms with Crippen molar-refractivity contribution in [3.63, 3.8) is 0 Å². The Hall–Kier alpha value is -2.27. The summed E-state index contributed by atoms with van der Waals surface area (Å²) in [4.78, 5) is 14.3. The van der Waals surface area contributed by atoms with Crippen molar-refractivity contribution < 1.29 is 14.3 Å². The molecule has 2 heterocycles. The number of piperidine rings is 1. The number of hydrogen-bond acceptors (Lipinski definition) is 3. The number of hydrogen-bond donors (Lipinski definition) is 2. The maximum absolute atomic E-state index is 12.4. The zero-order chi connectivity index (χ0) is 18.4. The van der Waals surface area contributed by atoms with Gasteiger partial charge in [0.15, 0.2) is 0 Å². The highest BCUT2D eigenvalue weighted by Crippen LogP contribution is 2.30. The van der Waals surface area contributed by atoms with E-state index in [1.165, 1.54) is 0 Å². The molecule has 26 heavy (non-hydrogen) atoms. The standard InChI is InChI=1S/C21H28N2O3/c1-16(9-10-19-8-5-15-26-19)22-21(25)23-13-11-18(12-14-23)20(24)17-6-3-2-4-7-17/h2-8,15-16,18,20,24H,9-14H2,1H3,(H,22,25). The van der Waals surface area contributed by atoms with Crippen molar-refractivity contribution in [1.29, 1.82) is 0 Å². The first-order valence-corrected chi connectivity index (χ1v) is 9.44. The molecule has 1 aliphatic heterocycles. The van der Waals surface area contributed by atoms with Crippen molar-refractivity contribution in [1.82, 2.24) is 10.2 Å². The normalized spacial score (nSPS) is 17.7. The van der Waals surface area contributed by atoms with E-state index >= 15 is 0 Å². The minimum absolute atomic E-state index is 0.00963. The van der Waals surface area contributed by atoms with Crippen molar-refractivity contribution in [2.75, 3.05) is 13.1 Å². The first-order chi connectivity index (χ1) is 12.6. The van der Waals surface area contributed by atoms with Gasteiger partial charge in [-0.15, -0.1) is 0 Å². The molecular formula is C21H28N2O3. The molecule has 0 spiro atoms. The Balaban J connectivity index is 1.41. The second-order valence-corrected chi connectivity index (χ2v) is 7.15. The lowest BCUT2D eigenvalue weighted by molar-refractivity contribution is 0.0661. The van der Waals surface area contributed by atoms with E-state index < -0.39 is 6.10 Å². The van der Waals surface area contributed by atoms with Crippen LogP contribution in [0.3, 0.4) is 0 Å². The first kappa shape index (κ1) is 18.5. The predicted molar refractivity (Wildman–Crippen MR) is 101 cm³/mol. The van der Waals surface area contributed by atoms with Crippen molar-refractivity contribution in [3.8, 4) is 0 Å². The number of carbonyl (C=O) groups is 1. The van der Waals surface area contributed by atoms with Gasteiger partial charge in [-0.1, -0.05) is 30.3 Å². The summed E-state index contributed by atoms with van der Waals surface area (Å²) < 4.78 is 5.33. The molecular weight excluding hydrogens is 328 g/mol. The van der Waals surface area contributed by atoms with Gasteiger partial charge in [0.25, 0.3) is 0 Å². The van der Waals surface area contributed by atoms with Crippen LogP contribution >= 0.6 is 0 Å². The second kappa shape index (κ2) is 8.90. The molecule has 0 radical (unpaired) electrons. The van der Waals surface area contributed by atoms with E-state index in [9.17, 15) is 9.90 Å². The maximum Gasteiger partial charge on any atom is 0.317 e. The molecule has 1 aromatic carbocycles. The maximum atomic E-state index is 12.4. The van der Waals surface area contributed by atoms with Crippen molar-refractivity contribution >= 4 is 6.03 Å². The lowest BCUT2D eigenvalue weighted by Crippen LogP contribution is -2.47. The average molecular weight is 356 g/mol. The van der Waals surface area contributed by atoms with Crippen LogP contribution in [0.4, 0.5) is 4.79 Å². The molecule has 2 unspecified atom stereocenters. The summed E-state index contributed by atoms with van der Waals surface area (Å²) in [5, 5.41) is 13.6. The van der Waals surface area contributed by atoms with E-state index in [2.05, 4.69) is 5.32 Å². The summed E-state index contributed by atoms with van der Waals surface area (Å²) in [6.07, 6.45) is 4.54. The summed E-state index contributed by atoms with van der Waals surface area (Å²) in [7, 11) is 0. The molecule has 1 aliphatic rings. The largest absolute Gasteiger partial charge is 0.469 e. The molecule has 0 aliphatic carbocycles. The highest BCUT2D eigenvalue weighted by molar-refractivity contribution is 5.74. The van der Waals surface area contributed by atoms with E-state index in [4.69, 9.17) is 4.42 Å². The highest BCUT2D eigenvalue weighted by Gasteiger charge is 2.28. The molecule has 1 fully saturated rings. The van der Waals surface area contributed by atoms with Gasteiger partial charge in [-0.05, 0) is 49.8 Å². The zero-order valence-electron chi connectivity index (χ0n) is 15.3. The Morgan fingerprint density at radius 3 is 2.62 bits per heavy atom. The van der Waals surface area contributed by atoms with E-state index in [1.54, 1.807) is 6.26 Å². The molecule has 140 valence electrons. The Morgan fingerprint density at radius 2 is 1.96 bits per heavy atom. The fraction of sp³-hybridized carbons (Fsp3) is 0.476. The van der Waals surface area contributed by atoms with Crippen LogP contribution in [0.1, 0.15) is 43.6 Å². The number of amides is 2. The molecule has 2 amide bonds. The number of rotatable bonds is 6. The summed E-state index contributed by atoms with van der Waals surface area (Å²) in [5.41, 5.74) is 0.960. The van der Waals surface area contributed by atoms with Gasteiger partial charge in [-0.2, -0.15) is 0 Å². The second-order valence-electron chi connectivity index (χ2n) is 7.15. The van der Waals surface area contributed by atoms with Crippen LogP contribution in [-0.2, 0) is 6.42 Å². The number of furan rings is 1. The Morgan fingerprint density at radius 1 is 1.23 bits per heavy atom. The van der Waals surface area contributed by atoms with Crippen molar-refractivity contribution in [2.24, 2.45) is 5.92 Å². The number of urea groups is 1. The van der Waals surface area contributed by atoms with Crippen LogP contribution in [-0.4, -0.2) is 35.2 Å². The van der Waals surface area contributed by atoms with Gasteiger partial charge in [0, 0.05) is 25.6 Å². The van der Waals surface area contributed by atoms with Crippen molar-refractivity contribution in [3.05, 3.63) is 60.1 Å². The topological polar surface area (TPSA) is 65.7 Å². The van der Waals surface area contributed by atoms with Crippen LogP contribution < -0.4 is 5.32 Å². The summed E-state index contributed by atoms with van der Waals surface area (Å²) in [5.74, 6) is 1.15. The molecule has 1 aromatic heterocycles. The number of benzene rings is 1. The minimum atomic E-state index is -0.450. The lowest BCUT2D eigenvalue weighted by Gasteiger charge is -2.35. The molecule has 5 nitrogen and oxygen atoms in total. The predicted octanol–water partition coefficient (Wildman–Crippen LogP) is 3.76. The van der Waals surface area contributed by atoms with Crippen LogP contribution in [0.15, 0.2) is 53.1 Å². The fourth-order valence-electron chi connectivity index (χ4n) is 3.53. The van der Waals surface area contributed by atoms with Gasteiger partial charge >= 0.3 is 6.03 Å². The van der Waals surface area contributed by atoms with Gasteiger partial charge in [0.1, 0.15) is 5.76 Å². The molecule has 0 bridgehead atoms. The number of aliphatic hydroxyl groups is 1. The number of aliphatic hydroxyl groups excluding tert-OH is 1. The average Bonchev–Trinajstić information content (AvgIpc) is 3.20. The number of nitrogens with one attached hydrogen (secondary N) is 1. The van der Waals surface area contributed by atoms with Gasteiger partial charge < -0.3 is 19.7 Å². The van der Waals surface area contributed by atoms with E-state index in [1.807, 2.05) is 54.3 Å². The smallest absolute Gasteiger partial charge is 0.317 e. The van der Waals surface area contributed by atoms with E-state index in [0.717, 1.165) is 37.0 Å². The van der Waals surface area contributed by atoms with Crippen LogP contribution in [0.2, 0.25) is 0 Å². The van der Waals surface area contributed by atoms with Gasteiger partial charge in [-0.25, -0.2) is 4.79 Å².